The van der Waals surface area contributed by atoms with E-state index in [0.29, 0.717) is 4.48 Å². The van der Waals surface area contributed by atoms with Crippen molar-refractivity contribution in [1.82, 2.24) is 0 Å². The summed E-state index contributed by atoms with van der Waals surface area (Å²) in [5.74, 6) is 0.279. The quantitative estimate of drug-likeness (QED) is 0.516. The predicted octanol–water partition coefficient (Wildman–Crippen LogP) is -0.174. The maximum Gasteiger partial charge on any atom is 0.155 e. The summed E-state index contributed by atoms with van der Waals surface area (Å²) in [6.07, 6.45) is 3.34. The van der Waals surface area contributed by atoms with E-state index >= 15 is 0 Å². The lowest BCUT2D eigenvalue weighted by Crippen LogP contribution is -2.50. The Labute approximate surface area is 93.3 Å². The molecule has 1 saturated heterocycles. The Kier molecular flexibility index (Phi) is 4.28. The summed E-state index contributed by atoms with van der Waals surface area (Å²) in [5.41, 5.74) is 0. The lowest BCUT2D eigenvalue weighted by molar-refractivity contribution is -0.902. The molecule has 0 radical (unpaired) electrons. The van der Waals surface area contributed by atoms with Crippen molar-refractivity contribution in [2.75, 3.05) is 31.1 Å². The zero-order valence-electron chi connectivity index (χ0n) is 8.85. The third-order valence-corrected chi connectivity index (χ3v) is 5.74. The molecular formula is C8H17NO4S2. The van der Waals surface area contributed by atoms with Gasteiger partial charge in [-0.3, -0.25) is 4.21 Å². The summed E-state index contributed by atoms with van der Waals surface area (Å²) < 4.78 is 43.4. The predicted molar refractivity (Wildman–Crippen MR) is 57.3 cm³/mol. The fourth-order valence-corrected chi connectivity index (χ4v) is 4.49. The summed E-state index contributed by atoms with van der Waals surface area (Å²) in [6.45, 7) is 1.84. The van der Waals surface area contributed by atoms with Gasteiger partial charge >= 0.3 is 0 Å². The second-order valence-corrected chi connectivity index (χ2v) is 7.57. The molecule has 0 N–H and O–H groups in total. The third-order valence-electron chi connectivity index (χ3n) is 2.63. The molecule has 90 valence electrons. The Bertz CT molecular complexity index is 333. The van der Waals surface area contributed by atoms with Crippen LogP contribution in [0.5, 0.6) is 0 Å². The average Bonchev–Trinajstić information content (AvgIpc) is 1.99. The summed E-state index contributed by atoms with van der Waals surface area (Å²) in [4.78, 5) is 0. The molecule has 7 heteroatoms. The average molecular weight is 255 g/mol. The van der Waals surface area contributed by atoms with Gasteiger partial charge in [-0.2, -0.15) is 0 Å². The second kappa shape index (κ2) is 4.90. The van der Waals surface area contributed by atoms with Crippen LogP contribution in [-0.4, -0.2) is 52.8 Å². The van der Waals surface area contributed by atoms with Crippen LogP contribution in [0.2, 0.25) is 0 Å². The highest BCUT2D eigenvalue weighted by molar-refractivity contribution is 8.02. The highest BCUT2D eigenvalue weighted by Crippen LogP contribution is 2.16. The Morgan fingerprint density at radius 3 is 2.27 bits per heavy atom. The number of nitrogens with zero attached hydrogens (tertiary/aromatic N) is 1. The van der Waals surface area contributed by atoms with Gasteiger partial charge in [0.05, 0.1) is 30.9 Å². The van der Waals surface area contributed by atoms with Gasteiger partial charge in [0.25, 0.3) is 0 Å². The maximum absolute atomic E-state index is 11.4. The summed E-state index contributed by atoms with van der Waals surface area (Å²) in [6, 6.07) is 0. The molecule has 0 aliphatic carbocycles. The highest BCUT2D eigenvalue weighted by Gasteiger charge is 2.27. The smallest absolute Gasteiger partial charge is 0.155 e. The molecule has 0 aromatic carbocycles. The lowest BCUT2D eigenvalue weighted by Gasteiger charge is -2.37. The summed E-state index contributed by atoms with van der Waals surface area (Å²) in [7, 11) is -3.95. The van der Waals surface area contributed by atoms with Crippen LogP contribution >= 0.6 is 0 Å². The fraction of sp³-hybridized carbons (Fsp3) is 1.00. The van der Waals surface area contributed by atoms with E-state index in [1.807, 2.05) is 7.05 Å². The Morgan fingerprint density at radius 1 is 1.27 bits per heavy atom. The number of likely N-dealkylation sites (tertiary alicyclic amines) is 1. The van der Waals surface area contributed by atoms with Crippen molar-refractivity contribution < 1.29 is 21.7 Å². The zero-order valence-corrected chi connectivity index (χ0v) is 10.5. The molecule has 0 saturated carbocycles. The van der Waals surface area contributed by atoms with Gasteiger partial charge in [0, 0.05) is 0 Å². The molecule has 0 spiro atoms. The van der Waals surface area contributed by atoms with Gasteiger partial charge in [0.1, 0.15) is 15.2 Å². The first-order valence-corrected chi connectivity index (χ1v) is 7.99. The standard InChI is InChI=1S/C8H17NO4S2/c1-9(5-3-2-4-6-9)7-14(10)8-15(11,12)13/h2-8H2,1H3. The van der Waals surface area contributed by atoms with E-state index in [9.17, 15) is 17.2 Å². The Balaban J connectivity index is 2.49. The van der Waals surface area contributed by atoms with Crippen molar-refractivity contribution in [2.45, 2.75) is 19.3 Å². The van der Waals surface area contributed by atoms with Gasteiger partial charge in [-0.1, -0.05) is 0 Å². The van der Waals surface area contributed by atoms with E-state index in [1.54, 1.807) is 0 Å². The van der Waals surface area contributed by atoms with Crippen LogP contribution in [0.1, 0.15) is 19.3 Å². The minimum atomic E-state index is -4.36. The van der Waals surface area contributed by atoms with Gasteiger partial charge < -0.3 is 9.04 Å². The van der Waals surface area contributed by atoms with Crippen LogP contribution in [0.25, 0.3) is 0 Å². The molecule has 1 aliphatic rings. The Hall–Kier alpha value is 0.0200. The molecule has 5 nitrogen and oxygen atoms in total. The molecule has 0 aromatic rings. The number of hydrogen-bond donors (Lipinski definition) is 0. The minimum Gasteiger partial charge on any atom is -0.747 e. The Morgan fingerprint density at radius 2 is 1.80 bits per heavy atom. The van der Waals surface area contributed by atoms with E-state index in [4.69, 9.17) is 0 Å². The van der Waals surface area contributed by atoms with E-state index in [1.165, 1.54) is 6.42 Å². The van der Waals surface area contributed by atoms with Gasteiger partial charge in [-0.15, -0.1) is 0 Å². The molecule has 15 heavy (non-hydrogen) atoms. The first kappa shape index (κ1) is 13.1. The van der Waals surface area contributed by atoms with E-state index in [2.05, 4.69) is 0 Å². The van der Waals surface area contributed by atoms with Crippen LogP contribution in [0.3, 0.4) is 0 Å². The van der Waals surface area contributed by atoms with E-state index in [0.717, 1.165) is 25.9 Å². The molecule has 0 amide bonds. The lowest BCUT2D eigenvalue weighted by atomic mass is 10.1. The molecule has 1 heterocycles. The number of piperidine rings is 1. The highest BCUT2D eigenvalue weighted by atomic mass is 32.3. The molecule has 1 unspecified atom stereocenters. The first-order chi connectivity index (χ1) is 6.81. The van der Waals surface area contributed by atoms with Crippen LogP contribution < -0.4 is 0 Å². The van der Waals surface area contributed by atoms with Crippen molar-refractivity contribution in [2.24, 2.45) is 0 Å². The molecule has 1 rings (SSSR count). The van der Waals surface area contributed by atoms with Crippen molar-refractivity contribution in [1.29, 1.82) is 0 Å². The SMILES string of the molecule is C[N+]1(CS(=O)CS(=O)(=O)[O-])CCCCC1. The van der Waals surface area contributed by atoms with Gasteiger partial charge in [0.15, 0.2) is 5.88 Å². The van der Waals surface area contributed by atoms with Gasteiger partial charge in [-0.25, -0.2) is 8.42 Å². The largest absolute Gasteiger partial charge is 0.747 e. The molecule has 0 aromatic heterocycles. The summed E-state index contributed by atoms with van der Waals surface area (Å²) in [5, 5.41) is -0.749. The van der Waals surface area contributed by atoms with Crippen LogP contribution in [0, 0.1) is 0 Å². The van der Waals surface area contributed by atoms with Crippen LogP contribution in [0.4, 0.5) is 0 Å². The second-order valence-electron chi connectivity index (χ2n) is 4.37. The molecule has 1 aliphatic heterocycles. The van der Waals surface area contributed by atoms with Gasteiger partial charge in [-0.05, 0) is 19.3 Å². The van der Waals surface area contributed by atoms with Crippen LogP contribution in [0.15, 0.2) is 0 Å². The van der Waals surface area contributed by atoms with Crippen molar-refractivity contribution in [3.63, 3.8) is 0 Å². The number of hydrogen-bond acceptors (Lipinski definition) is 4. The van der Waals surface area contributed by atoms with Crippen molar-refractivity contribution in [3.8, 4) is 0 Å². The normalized spacial score (nSPS) is 23.6. The van der Waals surface area contributed by atoms with E-state index in [-0.39, 0.29) is 5.88 Å². The summed E-state index contributed by atoms with van der Waals surface area (Å²) >= 11 is 0. The maximum atomic E-state index is 11.4. The number of quaternary nitrogens is 1. The van der Waals surface area contributed by atoms with Crippen molar-refractivity contribution >= 4 is 20.9 Å². The number of rotatable bonds is 4. The zero-order chi connectivity index (χ0) is 11.5. The monoisotopic (exact) mass is 255 g/mol. The first-order valence-electron chi connectivity index (χ1n) is 4.93. The van der Waals surface area contributed by atoms with Crippen molar-refractivity contribution in [3.05, 3.63) is 0 Å². The fourth-order valence-electron chi connectivity index (χ4n) is 1.95. The molecule has 1 atom stereocenters. The molecular weight excluding hydrogens is 238 g/mol. The van der Waals surface area contributed by atoms with Gasteiger partial charge in [0.2, 0.25) is 0 Å². The molecule has 1 fully saturated rings. The third kappa shape index (κ3) is 5.05. The minimum absolute atomic E-state index is 0.279. The van der Waals surface area contributed by atoms with Crippen LogP contribution in [-0.2, 0) is 20.9 Å². The van der Waals surface area contributed by atoms with E-state index < -0.39 is 26.0 Å². The molecule has 0 bridgehead atoms. The topological polar surface area (TPSA) is 74.3 Å².